The summed E-state index contributed by atoms with van der Waals surface area (Å²) >= 11 is 0. The highest BCUT2D eigenvalue weighted by Gasteiger charge is 2.41. The van der Waals surface area contributed by atoms with Gasteiger partial charge in [0.1, 0.15) is 12.6 Å². The van der Waals surface area contributed by atoms with E-state index in [-0.39, 0.29) is 30.0 Å². The van der Waals surface area contributed by atoms with Crippen LogP contribution in [0.2, 0.25) is 0 Å². The van der Waals surface area contributed by atoms with Crippen LogP contribution in [-0.4, -0.2) is 58.2 Å². The van der Waals surface area contributed by atoms with Gasteiger partial charge < -0.3 is 15.2 Å². The number of fused-ring (bicyclic) bond motifs is 1. The number of nitrogens with one attached hydrogen (secondary N) is 1. The second-order valence-electron chi connectivity index (χ2n) is 8.60. The highest BCUT2D eigenvalue weighted by Crippen LogP contribution is 2.32. The van der Waals surface area contributed by atoms with Crippen molar-refractivity contribution < 1.29 is 64.3 Å². The molecule has 2 aromatic carbocycles. The Hall–Kier alpha value is -4.30. The van der Waals surface area contributed by atoms with E-state index < -0.39 is 89.4 Å². The number of carbonyl (C=O) groups is 4. The molecule has 0 fully saturated rings. The third-order valence-corrected chi connectivity index (χ3v) is 5.95. The number of halogens is 7. The summed E-state index contributed by atoms with van der Waals surface area (Å²) in [7, 11) is 0. The predicted molar refractivity (Wildman–Crippen MR) is 121 cm³/mol. The number of nitrogens with zero attached hydrogens (tertiary/aromatic N) is 1. The van der Waals surface area contributed by atoms with Gasteiger partial charge in [0, 0.05) is 12.5 Å². The molecule has 0 saturated carbocycles. The van der Waals surface area contributed by atoms with E-state index in [0.29, 0.717) is 6.07 Å². The summed E-state index contributed by atoms with van der Waals surface area (Å²) in [5.41, 5.74) is -1.12. The molecule has 1 heterocycles. The average molecular weight is 577 g/mol. The summed E-state index contributed by atoms with van der Waals surface area (Å²) in [4.78, 5) is 49.9. The third kappa shape index (κ3) is 6.46. The zero-order chi connectivity index (χ0) is 29.9. The van der Waals surface area contributed by atoms with Crippen molar-refractivity contribution >= 4 is 29.8 Å². The van der Waals surface area contributed by atoms with E-state index in [2.05, 4.69) is 10.1 Å². The van der Waals surface area contributed by atoms with Crippen LogP contribution in [0.5, 0.6) is 5.75 Å². The number of benzene rings is 2. The van der Waals surface area contributed by atoms with E-state index in [9.17, 15) is 49.9 Å². The molecule has 2 aromatic rings. The van der Waals surface area contributed by atoms with Crippen molar-refractivity contribution in [3.05, 3.63) is 64.2 Å². The van der Waals surface area contributed by atoms with E-state index in [1.807, 2.05) is 0 Å². The van der Waals surface area contributed by atoms with Crippen molar-refractivity contribution in [2.75, 3.05) is 6.61 Å². The lowest BCUT2D eigenvalue weighted by atomic mass is 9.97. The van der Waals surface area contributed by atoms with Crippen molar-refractivity contribution in [1.29, 1.82) is 0 Å². The summed E-state index contributed by atoms with van der Waals surface area (Å²) in [6, 6.07) is -0.800. The zero-order valence-corrected chi connectivity index (χ0v) is 20.5. The lowest BCUT2D eigenvalue weighted by Crippen LogP contribution is -2.52. The van der Waals surface area contributed by atoms with Crippen LogP contribution < -0.4 is 10.1 Å². The number of carbonyl (C=O) groups excluding carboxylic acids is 3. The van der Waals surface area contributed by atoms with Crippen molar-refractivity contribution in [3.8, 4) is 5.75 Å². The molecule has 1 aliphatic heterocycles. The Balaban J connectivity index is 1.80. The molecule has 0 radical (unpaired) electrons. The van der Waals surface area contributed by atoms with Gasteiger partial charge in [0.05, 0.1) is 24.0 Å². The molecule has 0 unspecified atom stereocenters. The Bertz CT molecular complexity index is 1380. The summed E-state index contributed by atoms with van der Waals surface area (Å²) in [6.45, 7) is 0.127. The molecule has 0 bridgehead atoms. The smallest absolute Gasteiger partial charge is 0.420 e. The fourth-order valence-electron chi connectivity index (χ4n) is 3.94. The topological polar surface area (TPSA) is 113 Å². The van der Waals surface area contributed by atoms with E-state index in [1.165, 1.54) is 13.1 Å². The second-order valence-corrected chi connectivity index (χ2v) is 8.60. The maximum absolute atomic E-state index is 13.8. The van der Waals surface area contributed by atoms with E-state index in [1.54, 1.807) is 0 Å². The number of amides is 2. The Morgan fingerprint density at radius 3 is 2.25 bits per heavy atom. The highest BCUT2D eigenvalue weighted by atomic mass is 19.4. The zero-order valence-electron chi connectivity index (χ0n) is 20.5. The minimum absolute atomic E-state index is 0.0182. The number of hydrogen-bond acceptors (Lipinski definition) is 5. The summed E-state index contributed by atoms with van der Waals surface area (Å²) in [5.74, 6) is -14.0. The minimum atomic E-state index is -4.74. The van der Waals surface area contributed by atoms with Crippen molar-refractivity contribution in [2.24, 2.45) is 0 Å². The van der Waals surface area contributed by atoms with Gasteiger partial charge >= 0.3 is 18.1 Å². The van der Waals surface area contributed by atoms with Crippen LogP contribution in [0.15, 0.2) is 24.3 Å². The van der Waals surface area contributed by atoms with Crippen molar-refractivity contribution in [1.82, 2.24) is 5.32 Å². The maximum Gasteiger partial charge on any atom is 0.420 e. The molecule has 2 N–H and O–H groups in total. The van der Waals surface area contributed by atoms with Crippen molar-refractivity contribution in [2.45, 2.75) is 44.4 Å². The van der Waals surface area contributed by atoms with Gasteiger partial charge in [-0.25, -0.2) is 13.6 Å². The summed E-state index contributed by atoms with van der Waals surface area (Å²) in [5, 5.41) is 11.2. The molecular formula is C25H20F7N2O6+. The van der Waals surface area contributed by atoms with Gasteiger partial charge in [0.2, 0.25) is 17.7 Å². The number of carboxylic acid groups (broad SMARTS) is 1. The number of rotatable bonds is 10. The molecule has 1 aliphatic rings. The fourth-order valence-corrected chi connectivity index (χ4v) is 3.94. The number of aliphatic carboxylic acids is 1. The molecule has 8 nitrogen and oxygen atoms in total. The van der Waals surface area contributed by atoms with E-state index in [4.69, 9.17) is 5.11 Å². The molecular weight excluding hydrogens is 557 g/mol. The molecule has 15 heteroatoms. The standard InChI is InChI=1S/C25H19F7N2O6/c1-2-17(34-6-5-11-3-4-12(25(30,31)32)7-13(11)24(34)39)23(38)33-16(9-19(36)37)18(35)10-40-22-20(28)14(26)8-15(27)21(22)29/h3-4,6-8,16-17H,2,5,9-10H2,1H3,(H-,33,36,37,38)/p+1/t16-,17-/m0/s1. The average Bonchev–Trinajstić information content (AvgIpc) is 2.87. The van der Waals surface area contributed by atoms with Crippen LogP contribution in [0, 0.1) is 23.3 Å². The van der Waals surface area contributed by atoms with Crippen molar-refractivity contribution in [3.63, 3.8) is 0 Å². The van der Waals surface area contributed by atoms with Crippen LogP contribution in [0.1, 0.15) is 41.3 Å². The fraction of sp³-hybridized carbons (Fsp3) is 0.320. The molecule has 2 amide bonds. The number of alkyl halides is 3. The molecule has 0 aliphatic carbocycles. The monoisotopic (exact) mass is 577 g/mol. The lowest BCUT2D eigenvalue weighted by Gasteiger charge is -2.21. The largest absolute Gasteiger partial charge is 0.481 e. The predicted octanol–water partition coefficient (Wildman–Crippen LogP) is 3.43. The first-order valence-electron chi connectivity index (χ1n) is 11.5. The number of Topliss-reactive ketones (excluding diaryl/α,β-unsaturated/α-hetero) is 1. The molecule has 2 atom stereocenters. The van der Waals surface area contributed by atoms with Crippen LogP contribution in [-0.2, 0) is 27.0 Å². The van der Waals surface area contributed by atoms with Gasteiger partial charge in [-0.3, -0.25) is 14.4 Å². The van der Waals surface area contributed by atoms with Gasteiger partial charge in [-0.1, -0.05) is 13.0 Å². The lowest BCUT2D eigenvalue weighted by molar-refractivity contribution is -0.456. The summed E-state index contributed by atoms with van der Waals surface area (Å²) < 4.78 is 99.3. The van der Waals surface area contributed by atoms with E-state index >= 15 is 0 Å². The first kappa shape index (κ1) is 30.2. The number of hydrogen-bond donors (Lipinski definition) is 2. The number of carboxylic acids is 1. The van der Waals surface area contributed by atoms with Crippen LogP contribution in [0.3, 0.4) is 0 Å². The van der Waals surface area contributed by atoms with Gasteiger partial charge in [0.25, 0.3) is 5.91 Å². The Morgan fingerprint density at radius 2 is 1.70 bits per heavy atom. The van der Waals surface area contributed by atoms with Gasteiger partial charge in [0.15, 0.2) is 29.4 Å². The number of ketones is 1. The third-order valence-electron chi connectivity index (χ3n) is 5.95. The molecule has 0 spiro atoms. The summed E-state index contributed by atoms with van der Waals surface area (Å²) in [6.07, 6.45) is -4.67. The maximum atomic E-state index is 13.8. The Morgan fingerprint density at radius 1 is 1.07 bits per heavy atom. The second kappa shape index (κ2) is 11.8. The van der Waals surface area contributed by atoms with Gasteiger partial charge in [-0.2, -0.15) is 26.5 Å². The molecule has 0 saturated heterocycles. The normalized spacial score (nSPS) is 14.6. The quantitative estimate of drug-likeness (QED) is 0.254. The Kier molecular flexibility index (Phi) is 8.95. The van der Waals surface area contributed by atoms with Crippen LogP contribution in [0.4, 0.5) is 30.7 Å². The van der Waals surface area contributed by atoms with Gasteiger partial charge in [-0.15, -0.1) is 0 Å². The molecule has 0 aromatic heterocycles. The first-order valence-corrected chi connectivity index (χ1v) is 11.5. The van der Waals surface area contributed by atoms with Crippen LogP contribution in [0.25, 0.3) is 0 Å². The molecule has 214 valence electrons. The van der Waals surface area contributed by atoms with E-state index in [0.717, 1.165) is 16.7 Å². The first-order chi connectivity index (χ1) is 18.6. The highest BCUT2D eigenvalue weighted by molar-refractivity contribution is 5.98. The van der Waals surface area contributed by atoms with Crippen LogP contribution >= 0.6 is 0 Å². The number of ether oxygens (including phenoxy) is 1. The molecule has 3 rings (SSSR count). The van der Waals surface area contributed by atoms with Gasteiger partial charge in [-0.05, 0) is 17.7 Å². The Labute approximate surface area is 221 Å². The SMILES string of the molecule is CC[C@@H](C(=O)N[C@@H](CC(=O)O)C(=O)COc1c(F)c(F)cc(F)c1F)[N+]1=CCc2ccc(C(F)(F)F)cc2C1=O. The minimum Gasteiger partial charge on any atom is -0.481 e. The molecule has 40 heavy (non-hydrogen) atoms.